The van der Waals surface area contributed by atoms with Crippen LogP contribution in [0.4, 0.5) is 10.1 Å². The summed E-state index contributed by atoms with van der Waals surface area (Å²) in [5.74, 6) is -0.325. The molecule has 118 valence electrons. The van der Waals surface area contributed by atoms with E-state index in [0.29, 0.717) is 16.5 Å². The molecule has 0 saturated carbocycles. The fraction of sp³-hybridized carbons (Fsp3) is 0.294. The molecule has 0 N–H and O–H groups in total. The van der Waals surface area contributed by atoms with E-state index in [-0.39, 0.29) is 5.82 Å². The second-order valence-electron chi connectivity index (χ2n) is 5.39. The van der Waals surface area contributed by atoms with Crippen molar-refractivity contribution in [3.63, 3.8) is 0 Å². The van der Waals surface area contributed by atoms with Gasteiger partial charge in [-0.25, -0.2) is 9.37 Å². The number of hydrogen-bond acceptors (Lipinski definition) is 4. The quantitative estimate of drug-likeness (QED) is 0.725. The Hall–Kier alpha value is -1.58. The Morgan fingerprint density at radius 1 is 1.39 bits per heavy atom. The minimum atomic E-state index is -0.325. The molecule has 0 radical (unpaired) electrons. The van der Waals surface area contributed by atoms with Gasteiger partial charge in [-0.2, -0.15) is 5.26 Å². The zero-order valence-corrected chi connectivity index (χ0v) is 14.8. The van der Waals surface area contributed by atoms with Gasteiger partial charge in [0.1, 0.15) is 5.82 Å². The van der Waals surface area contributed by atoms with Crippen LogP contribution < -0.4 is 4.90 Å². The van der Waals surface area contributed by atoms with Crippen LogP contribution in [0, 0.1) is 17.1 Å². The number of pyridine rings is 1. The Labute approximate surface area is 147 Å². The molecular weight excluding hydrogens is 377 g/mol. The third kappa shape index (κ3) is 3.85. The topological polar surface area (TPSA) is 39.9 Å². The van der Waals surface area contributed by atoms with E-state index in [0.717, 1.165) is 35.4 Å². The van der Waals surface area contributed by atoms with Gasteiger partial charge in [0.25, 0.3) is 0 Å². The van der Waals surface area contributed by atoms with Crippen molar-refractivity contribution in [1.29, 1.82) is 5.26 Å². The summed E-state index contributed by atoms with van der Waals surface area (Å²) in [7, 11) is 0. The zero-order valence-electron chi connectivity index (χ0n) is 12.4. The summed E-state index contributed by atoms with van der Waals surface area (Å²) in [5.41, 5.74) is 2.09. The molecule has 0 amide bonds. The van der Waals surface area contributed by atoms with Crippen molar-refractivity contribution in [1.82, 2.24) is 4.98 Å². The number of anilines is 1. The smallest absolute Gasteiger partial charge is 0.147 e. The molecule has 3 nitrogen and oxygen atoms in total. The van der Waals surface area contributed by atoms with Crippen molar-refractivity contribution in [3.05, 3.63) is 53.5 Å². The van der Waals surface area contributed by atoms with Crippen molar-refractivity contribution in [3.8, 4) is 6.07 Å². The van der Waals surface area contributed by atoms with Gasteiger partial charge >= 0.3 is 0 Å². The Kier molecular flexibility index (Phi) is 5.19. The molecule has 6 heteroatoms. The van der Waals surface area contributed by atoms with Crippen LogP contribution in [-0.2, 0) is 5.33 Å². The number of thioether (sulfide) groups is 1. The first-order chi connectivity index (χ1) is 11.2. The molecule has 1 aliphatic rings. The van der Waals surface area contributed by atoms with Gasteiger partial charge in [-0.05, 0) is 36.2 Å². The third-order valence-corrected chi connectivity index (χ3v) is 5.65. The zero-order chi connectivity index (χ0) is 16.2. The normalized spacial score (nSPS) is 17.3. The van der Waals surface area contributed by atoms with Gasteiger partial charge in [-0.1, -0.05) is 22.0 Å². The summed E-state index contributed by atoms with van der Waals surface area (Å²) in [6, 6.07) is 10.7. The Balaban J connectivity index is 1.65. The van der Waals surface area contributed by atoms with Crippen LogP contribution in [0.25, 0.3) is 0 Å². The molecule has 1 aliphatic heterocycles. The minimum Gasteiger partial charge on any atom is -0.368 e. The van der Waals surface area contributed by atoms with E-state index in [4.69, 9.17) is 5.26 Å². The number of rotatable bonds is 4. The standard InChI is InChI=1S/C17H15BrFN3S/c18-8-13-2-4-17(21-10-13)23-14-5-6-22(11-14)16-3-1-12(9-20)7-15(16)19/h1-4,7,10,14H,5-6,8,11H2. The van der Waals surface area contributed by atoms with Gasteiger partial charge < -0.3 is 4.90 Å². The van der Waals surface area contributed by atoms with Gasteiger partial charge in [-0.15, -0.1) is 11.8 Å². The molecule has 1 aromatic heterocycles. The monoisotopic (exact) mass is 391 g/mol. The molecule has 1 atom stereocenters. The molecular formula is C17H15BrFN3S. The summed E-state index contributed by atoms with van der Waals surface area (Å²) in [6.07, 6.45) is 2.87. The van der Waals surface area contributed by atoms with Gasteiger partial charge in [0.15, 0.2) is 0 Å². The molecule has 0 spiro atoms. The van der Waals surface area contributed by atoms with Gasteiger partial charge in [-0.3, -0.25) is 0 Å². The molecule has 0 aliphatic carbocycles. The van der Waals surface area contributed by atoms with Crippen LogP contribution in [0.5, 0.6) is 0 Å². The average molecular weight is 392 g/mol. The van der Waals surface area contributed by atoms with Crippen LogP contribution >= 0.6 is 27.7 Å². The maximum absolute atomic E-state index is 14.1. The van der Waals surface area contributed by atoms with E-state index < -0.39 is 0 Å². The van der Waals surface area contributed by atoms with Crippen LogP contribution in [-0.4, -0.2) is 23.3 Å². The third-order valence-electron chi connectivity index (χ3n) is 3.80. The molecule has 0 bridgehead atoms. The van der Waals surface area contributed by atoms with E-state index in [1.54, 1.807) is 23.9 Å². The fourth-order valence-corrected chi connectivity index (χ4v) is 4.02. The second kappa shape index (κ2) is 7.33. The van der Waals surface area contributed by atoms with Crippen molar-refractivity contribution in [2.24, 2.45) is 0 Å². The number of nitriles is 1. The van der Waals surface area contributed by atoms with Gasteiger partial charge in [0.05, 0.1) is 22.3 Å². The van der Waals surface area contributed by atoms with Crippen molar-refractivity contribution < 1.29 is 4.39 Å². The van der Waals surface area contributed by atoms with Crippen LogP contribution in [0.2, 0.25) is 0 Å². The van der Waals surface area contributed by atoms with E-state index >= 15 is 0 Å². The lowest BCUT2D eigenvalue weighted by Crippen LogP contribution is -2.21. The lowest BCUT2D eigenvalue weighted by Gasteiger charge is -2.19. The van der Waals surface area contributed by atoms with Crippen molar-refractivity contribution >= 4 is 33.4 Å². The molecule has 2 heterocycles. The summed E-state index contributed by atoms with van der Waals surface area (Å²) in [5, 5.41) is 11.0. The van der Waals surface area contributed by atoms with Crippen molar-refractivity contribution in [2.45, 2.75) is 22.0 Å². The first-order valence-electron chi connectivity index (χ1n) is 7.31. The molecule has 3 rings (SSSR count). The van der Waals surface area contributed by atoms with E-state index in [1.165, 1.54) is 6.07 Å². The summed E-state index contributed by atoms with van der Waals surface area (Å²) < 4.78 is 14.1. The summed E-state index contributed by atoms with van der Waals surface area (Å²) in [4.78, 5) is 6.50. The summed E-state index contributed by atoms with van der Waals surface area (Å²) >= 11 is 5.15. The fourth-order valence-electron chi connectivity index (χ4n) is 2.61. The number of hydrogen-bond donors (Lipinski definition) is 0. The minimum absolute atomic E-state index is 0.325. The first-order valence-corrected chi connectivity index (χ1v) is 9.32. The molecule has 23 heavy (non-hydrogen) atoms. The highest BCUT2D eigenvalue weighted by Gasteiger charge is 2.25. The maximum atomic E-state index is 14.1. The molecule has 2 aromatic rings. The predicted octanol–water partition coefficient (Wildman–Crippen LogP) is 4.36. The van der Waals surface area contributed by atoms with Gasteiger partial charge in [0.2, 0.25) is 0 Å². The van der Waals surface area contributed by atoms with Gasteiger partial charge in [0, 0.05) is 29.9 Å². The summed E-state index contributed by atoms with van der Waals surface area (Å²) in [6.45, 7) is 1.61. The van der Waals surface area contributed by atoms with Crippen LogP contribution in [0.15, 0.2) is 41.6 Å². The predicted molar refractivity (Wildman–Crippen MR) is 94.5 cm³/mol. The number of nitrogens with zero attached hydrogens (tertiary/aromatic N) is 3. The lowest BCUT2D eigenvalue weighted by molar-refractivity contribution is 0.622. The largest absolute Gasteiger partial charge is 0.368 e. The van der Waals surface area contributed by atoms with E-state index in [2.05, 4.69) is 27.0 Å². The number of aromatic nitrogens is 1. The molecule has 1 aromatic carbocycles. The van der Waals surface area contributed by atoms with E-state index in [1.807, 2.05) is 23.2 Å². The van der Waals surface area contributed by atoms with Crippen molar-refractivity contribution in [2.75, 3.05) is 18.0 Å². The Bertz CT molecular complexity index is 730. The molecule has 1 saturated heterocycles. The number of halogens is 2. The van der Waals surface area contributed by atoms with Crippen LogP contribution in [0.3, 0.4) is 0 Å². The average Bonchev–Trinajstić information content (AvgIpc) is 3.03. The number of benzene rings is 1. The Morgan fingerprint density at radius 2 is 2.26 bits per heavy atom. The highest BCUT2D eigenvalue weighted by Crippen LogP contribution is 2.32. The number of alkyl halides is 1. The highest BCUT2D eigenvalue weighted by molar-refractivity contribution is 9.08. The second-order valence-corrected chi connectivity index (χ2v) is 7.27. The molecule has 1 unspecified atom stereocenters. The van der Waals surface area contributed by atoms with E-state index in [9.17, 15) is 4.39 Å². The SMILES string of the molecule is N#Cc1ccc(N2CCC(Sc3ccc(CBr)cn3)C2)c(F)c1. The highest BCUT2D eigenvalue weighted by atomic mass is 79.9. The van der Waals surface area contributed by atoms with Crippen LogP contribution in [0.1, 0.15) is 17.5 Å². The maximum Gasteiger partial charge on any atom is 0.147 e. The Morgan fingerprint density at radius 3 is 2.91 bits per heavy atom. The molecule has 1 fully saturated rings. The first kappa shape index (κ1) is 16.3. The lowest BCUT2D eigenvalue weighted by atomic mass is 10.2.